The van der Waals surface area contributed by atoms with Crippen LogP contribution in [0.3, 0.4) is 0 Å². The Balaban J connectivity index is 1.47. The van der Waals surface area contributed by atoms with Gasteiger partial charge in [-0.3, -0.25) is 9.59 Å². The van der Waals surface area contributed by atoms with Gasteiger partial charge in [0.1, 0.15) is 5.75 Å². The monoisotopic (exact) mass is 436 g/mol. The fourth-order valence-electron chi connectivity index (χ4n) is 4.81. The van der Waals surface area contributed by atoms with Crippen molar-refractivity contribution in [3.05, 3.63) is 59.2 Å². The molecule has 0 saturated carbocycles. The van der Waals surface area contributed by atoms with Crippen molar-refractivity contribution in [2.24, 2.45) is 5.92 Å². The van der Waals surface area contributed by atoms with Crippen LogP contribution in [0.5, 0.6) is 5.75 Å². The van der Waals surface area contributed by atoms with Crippen LogP contribution in [0.4, 0.5) is 5.69 Å². The number of amides is 2. The van der Waals surface area contributed by atoms with Crippen molar-refractivity contribution < 1.29 is 19.1 Å². The number of hydrogen-bond acceptors (Lipinski definition) is 4. The topological polar surface area (TPSA) is 67.9 Å². The molecule has 4 rings (SSSR count). The predicted molar refractivity (Wildman–Crippen MR) is 124 cm³/mol. The van der Waals surface area contributed by atoms with E-state index in [1.807, 2.05) is 43.3 Å². The molecule has 1 N–H and O–H groups in total. The number of aryl methyl sites for hydroxylation is 2. The molecule has 0 aromatic heterocycles. The van der Waals surface area contributed by atoms with Crippen LogP contribution in [-0.2, 0) is 19.7 Å². The number of rotatable bonds is 6. The molecule has 2 fully saturated rings. The molecule has 0 aliphatic carbocycles. The van der Waals surface area contributed by atoms with Crippen molar-refractivity contribution in [2.45, 2.75) is 38.5 Å². The minimum absolute atomic E-state index is 0.00101. The van der Waals surface area contributed by atoms with E-state index in [4.69, 9.17) is 9.47 Å². The Labute approximate surface area is 189 Å². The number of para-hydroxylation sites is 1. The van der Waals surface area contributed by atoms with Gasteiger partial charge in [0, 0.05) is 49.4 Å². The van der Waals surface area contributed by atoms with E-state index in [1.165, 1.54) is 5.56 Å². The van der Waals surface area contributed by atoms with Crippen molar-refractivity contribution in [1.82, 2.24) is 5.32 Å². The molecule has 2 aromatic rings. The third kappa shape index (κ3) is 4.37. The zero-order chi connectivity index (χ0) is 22.7. The summed E-state index contributed by atoms with van der Waals surface area (Å²) >= 11 is 0. The van der Waals surface area contributed by atoms with Crippen LogP contribution in [0.15, 0.2) is 42.5 Å². The maximum Gasteiger partial charge on any atom is 0.227 e. The van der Waals surface area contributed by atoms with Crippen LogP contribution in [0.2, 0.25) is 0 Å². The van der Waals surface area contributed by atoms with E-state index < -0.39 is 0 Å². The zero-order valence-corrected chi connectivity index (χ0v) is 19.1. The summed E-state index contributed by atoms with van der Waals surface area (Å²) in [6.07, 6.45) is 1.86. The largest absolute Gasteiger partial charge is 0.496 e. The Morgan fingerprint density at radius 2 is 1.91 bits per heavy atom. The Morgan fingerprint density at radius 1 is 1.16 bits per heavy atom. The number of hydrogen-bond donors (Lipinski definition) is 1. The predicted octanol–water partition coefficient (Wildman–Crippen LogP) is 3.53. The highest BCUT2D eigenvalue weighted by molar-refractivity contribution is 6.00. The summed E-state index contributed by atoms with van der Waals surface area (Å²) in [5, 5.41) is 3.17. The number of nitrogens with one attached hydrogen (secondary N) is 1. The highest BCUT2D eigenvalue weighted by Crippen LogP contribution is 2.39. The molecule has 170 valence electrons. The van der Waals surface area contributed by atoms with Gasteiger partial charge in [-0.25, -0.2) is 0 Å². The summed E-state index contributed by atoms with van der Waals surface area (Å²) in [6, 6.07) is 14.0. The van der Waals surface area contributed by atoms with Gasteiger partial charge >= 0.3 is 0 Å². The van der Waals surface area contributed by atoms with Crippen molar-refractivity contribution in [3.63, 3.8) is 0 Å². The molecule has 2 aliphatic rings. The van der Waals surface area contributed by atoms with Gasteiger partial charge in [0.05, 0.1) is 13.0 Å². The van der Waals surface area contributed by atoms with E-state index >= 15 is 0 Å². The second kappa shape index (κ2) is 9.33. The Hall–Kier alpha value is -2.86. The molecule has 0 bridgehead atoms. The van der Waals surface area contributed by atoms with Crippen LogP contribution < -0.4 is 15.0 Å². The number of carbonyl (C=O) groups is 2. The van der Waals surface area contributed by atoms with Gasteiger partial charge in [0.2, 0.25) is 11.8 Å². The fraction of sp³-hybridized carbons (Fsp3) is 0.462. The molecule has 1 atom stereocenters. The summed E-state index contributed by atoms with van der Waals surface area (Å²) in [6.45, 7) is 6.30. The van der Waals surface area contributed by atoms with Crippen molar-refractivity contribution in [3.8, 4) is 5.75 Å². The third-order valence-electron chi connectivity index (χ3n) is 7.03. The smallest absolute Gasteiger partial charge is 0.227 e. The lowest BCUT2D eigenvalue weighted by Gasteiger charge is -2.38. The number of nitrogens with zero attached hydrogens (tertiary/aromatic N) is 1. The van der Waals surface area contributed by atoms with E-state index in [0.29, 0.717) is 26.3 Å². The lowest BCUT2D eigenvalue weighted by atomic mass is 9.73. The summed E-state index contributed by atoms with van der Waals surface area (Å²) < 4.78 is 11.2. The van der Waals surface area contributed by atoms with Gasteiger partial charge in [0.15, 0.2) is 0 Å². The number of methoxy groups -OCH3 is 1. The maximum atomic E-state index is 13.1. The zero-order valence-electron chi connectivity index (χ0n) is 19.1. The molecule has 1 unspecified atom stereocenters. The summed E-state index contributed by atoms with van der Waals surface area (Å²) in [5.41, 5.74) is 4.06. The number of carbonyl (C=O) groups excluding carboxylic acids is 2. The Kier molecular flexibility index (Phi) is 6.51. The number of benzene rings is 2. The quantitative estimate of drug-likeness (QED) is 0.752. The first-order chi connectivity index (χ1) is 15.4. The van der Waals surface area contributed by atoms with Gasteiger partial charge in [0.25, 0.3) is 0 Å². The molecular formula is C26H32N2O4. The lowest BCUT2D eigenvalue weighted by Crippen LogP contribution is -2.46. The summed E-state index contributed by atoms with van der Waals surface area (Å²) in [5.74, 6) is 0.420. The van der Waals surface area contributed by atoms with Gasteiger partial charge in [-0.05, 0) is 56.0 Å². The van der Waals surface area contributed by atoms with Crippen molar-refractivity contribution >= 4 is 17.5 Å². The van der Waals surface area contributed by atoms with Gasteiger partial charge < -0.3 is 19.7 Å². The molecule has 2 amide bonds. The molecule has 2 saturated heterocycles. The van der Waals surface area contributed by atoms with E-state index in [-0.39, 0.29) is 29.6 Å². The average molecular weight is 437 g/mol. The summed E-state index contributed by atoms with van der Waals surface area (Å²) in [7, 11) is 1.68. The molecule has 0 radical (unpaired) electrons. The van der Waals surface area contributed by atoms with Crippen LogP contribution >= 0.6 is 0 Å². The fourth-order valence-corrected chi connectivity index (χ4v) is 4.81. The molecule has 32 heavy (non-hydrogen) atoms. The second-order valence-corrected chi connectivity index (χ2v) is 8.98. The van der Waals surface area contributed by atoms with E-state index in [9.17, 15) is 9.59 Å². The SMILES string of the molecule is COc1ccccc1C1(CNC(=O)C2CC(=O)N(c3ccc(C)c(C)c3)C2)CCOCC1. The van der Waals surface area contributed by atoms with E-state index in [2.05, 4.69) is 18.3 Å². The minimum Gasteiger partial charge on any atom is -0.496 e. The Bertz CT molecular complexity index is 997. The van der Waals surface area contributed by atoms with Crippen LogP contribution in [0.1, 0.15) is 36.0 Å². The van der Waals surface area contributed by atoms with E-state index in [0.717, 1.165) is 35.4 Å². The van der Waals surface area contributed by atoms with Crippen LogP contribution in [0.25, 0.3) is 0 Å². The molecule has 2 aliphatic heterocycles. The standard InChI is InChI=1S/C26H32N2O4/c1-18-8-9-21(14-19(18)2)28-16-20(15-24(28)29)25(30)27-17-26(10-12-32-13-11-26)22-6-4-5-7-23(22)31-3/h4-9,14,20H,10-13,15-17H2,1-3H3,(H,27,30). The number of ether oxygens (including phenoxy) is 2. The molecular weight excluding hydrogens is 404 g/mol. The number of anilines is 1. The van der Waals surface area contributed by atoms with E-state index in [1.54, 1.807) is 12.0 Å². The normalized spacial score (nSPS) is 20.3. The summed E-state index contributed by atoms with van der Waals surface area (Å²) in [4.78, 5) is 27.5. The lowest BCUT2D eigenvalue weighted by molar-refractivity contribution is -0.126. The molecule has 2 heterocycles. The second-order valence-electron chi connectivity index (χ2n) is 8.98. The van der Waals surface area contributed by atoms with Crippen molar-refractivity contribution in [1.29, 1.82) is 0 Å². The van der Waals surface area contributed by atoms with Crippen molar-refractivity contribution in [2.75, 3.05) is 38.3 Å². The first-order valence-corrected chi connectivity index (χ1v) is 11.3. The third-order valence-corrected chi connectivity index (χ3v) is 7.03. The van der Waals surface area contributed by atoms with Gasteiger partial charge in [-0.2, -0.15) is 0 Å². The Morgan fingerprint density at radius 3 is 2.62 bits per heavy atom. The first-order valence-electron chi connectivity index (χ1n) is 11.3. The highest BCUT2D eigenvalue weighted by atomic mass is 16.5. The van der Waals surface area contributed by atoms with Crippen LogP contribution in [-0.4, -0.2) is 45.2 Å². The highest BCUT2D eigenvalue weighted by Gasteiger charge is 2.39. The minimum atomic E-state index is -0.348. The molecule has 6 nitrogen and oxygen atoms in total. The van der Waals surface area contributed by atoms with Gasteiger partial charge in [-0.1, -0.05) is 24.3 Å². The van der Waals surface area contributed by atoms with Crippen LogP contribution in [0, 0.1) is 19.8 Å². The first kappa shape index (κ1) is 22.3. The maximum absolute atomic E-state index is 13.1. The average Bonchev–Trinajstić information content (AvgIpc) is 3.21. The molecule has 2 aromatic carbocycles. The van der Waals surface area contributed by atoms with Gasteiger partial charge in [-0.15, -0.1) is 0 Å². The molecule has 6 heteroatoms. The molecule has 0 spiro atoms.